The van der Waals surface area contributed by atoms with Gasteiger partial charge in [-0.3, -0.25) is 4.79 Å². The van der Waals surface area contributed by atoms with Gasteiger partial charge in [0.25, 0.3) is 0 Å². The van der Waals surface area contributed by atoms with Crippen LogP contribution in [0.25, 0.3) is 0 Å². The van der Waals surface area contributed by atoms with Crippen molar-refractivity contribution in [3.8, 4) is 0 Å². The van der Waals surface area contributed by atoms with Crippen molar-refractivity contribution in [2.24, 2.45) is 0 Å². The van der Waals surface area contributed by atoms with Gasteiger partial charge in [-0.25, -0.2) is 0 Å². The lowest BCUT2D eigenvalue weighted by atomic mass is 9.68. The van der Waals surface area contributed by atoms with Crippen molar-refractivity contribution >= 4 is 5.91 Å². The van der Waals surface area contributed by atoms with Gasteiger partial charge in [-0.2, -0.15) is 13.2 Å². The molecule has 0 aromatic heterocycles. The van der Waals surface area contributed by atoms with Crippen molar-refractivity contribution in [3.05, 3.63) is 35.4 Å². The molecular formula is C21H28F3N3O. The molecule has 4 nitrogen and oxygen atoms in total. The van der Waals surface area contributed by atoms with Crippen LogP contribution in [0.2, 0.25) is 0 Å². The summed E-state index contributed by atoms with van der Waals surface area (Å²) in [6.07, 6.45) is -1.74. The maximum atomic E-state index is 12.8. The number of benzene rings is 1. The number of nitrogens with one attached hydrogen (secondary N) is 1. The Labute approximate surface area is 164 Å². The Morgan fingerprint density at radius 2 is 1.82 bits per heavy atom. The zero-order valence-corrected chi connectivity index (χ0v) is 16.1. The van der Waals surface area contributed by atoms with Crippen molar-refractivity contribution in [2.45, 2.75) is 56.3 Å². The molecule has 0 bridgehead atoms. The van der Waals surface area contributed by atoms with Gasteiger partial charge < -0.3 is 15.1 Å². The summed E-state index contributed by atoms with van der Waals surface area (Å²) in [5, 5.41) is 3.40. The summed E-state index contributed by atoms with van der Waals surface area (Å²) in [6, 6.07) is 8.59. The van der Waals surface area contributed by atoms with E-state index in [1.54, 1.807) is 0 Å². The maximum Gasteiger partial charge on any atom is 0.397 e. The van der Waals surface area contributed by atoms with E-state index in [1.165, 1.54) is 10.5 Å². The maximum absolute atomic E-state index is 12.8. The third kappa shape index (κ3) is 4.06. The molecule has 1 spiro atoms. The van der Waals surface area contributed by atoms with Crippen LogP contribution in [0, 0.1) is 0 Å². The van der Waals surface area contributed by atoms with E-state index in [0.29, 0.717) is 12.6 Å². The Morgan fingerprint density at radius 3 is 2.50 bits per heavy atom. The predicted octanol–water partition coefficient (Wildman–Crippen LogP) is 3.07. The molecule has 0 aliphatic carbocycles. The van der Waals surface area contributed by atoms with Gasteiger partial charge >= 0.3 is 6.18 Å². The van der Waals surface area contributed by atoms with Crippen molar-refractivity contribution in [1.29, 1.82) is 0 Å². The molecule has 0 saturated carbocycles. The summed E-state index contributed by atoms with van der Waals surface area (Å²) in [7, 11) is 0. The minimum atomic E-state index is -4.46. The molecule has 2 saturated heterocycles. The highest BCUT2D eigenvalue weighted by atomic mass is 19.4. The number of fused-ring (bicyclic) bond motifs is 2. The summed E-state index contributed by atoms with van der Waals surface area (Å²) >= 11 is 0. The molecule has 2 fully saturated rings. The fourth-order valence-corrected chi connectivity index (χ4v) is 5.26. The molecule has 1 aromatic carbocycles. The molecule has 0 atom stereocenters. The van der Waals surface area contributed by atoms with E-state index in [0.717, 1.165) is 57.4 Å². The average molecular weight is 395 g/mol. The fraction of sp³-hybridized carbons (Fsp3) is 0.667. The molecular weight excluding hydrogens is 367 g/mol. The highest BCUT2D eigenvalue weighted by molar-refractivity contribution is 5.77. The summed E-state index contributed by atoms with van der Waals surface area (Å²) in [4.78, 5) is 16.3. The van der Waals surface area contributed by atoms with E-state index in [2.05, 4.69) is 16.3 Å². The van der Waals surface area contributed by atoms with Crippen LogP contribution in [0.5, 0.6) is 0 Å². The number of carbonyl (C=O) groups excluding carboxylic acids is 1. The van der Waals surface area contributed by atoms with Gasteiger partial charge in [-0.15, -0.1) is 0 Å². The molecule has 4 rings (SSSR count). The lowest BCUT2D eigenvalue weighted by Gasteiger charge is -2.50. The first-order chi connectivity index (χ1) is 13.4. The number of likely N-dealkylation sites (tertiary alicyclic amines) is 1. The summed E-state index contributed by atoms with van der Waals surface area (Å²) in [5.74, 6) is -0.804. The molecule has 1 aromatic rings. The van der Waals surface area contributed by atoms with Crippen LogP contribution in [0.15, 0.2) is 24.3 Å². The van der Waals surface area contributed by atoms with Gasteiger partial charge in [-0.1, -0.05) is 24.3 Å². The van der Waals surface area contributed by atoms with Crippen LogP contribution in [-0.4, -0.2) is 60.6 Å². The van der Waals surface area contributed by atoms with Gasteiger partial charge in [0, 0.05) is 24.5 Å². The second-order valence-electron chi connectivity index (χ2n) is 8.50. The van der Waals surface area contributed by atoms with E-state index >= 15 is 0 Å². The van der Waals surface area contributed by atoms with Crippen molar-refractivity contribution < 1.29 is 18.0 Å². The molecule has 1 amide bonds. The van der Waals surface area contributed by atoms with Crippen LogP contribution >= 0.6 is 0 Å². The molecule has 0 radical (unpaired) electrons. The molecule has 3 aliphatic heterocycles. The second-order valence-corrected chi connectivity index (χ2v) is 8.50. The Bertz CT molecular complexity index is 707. The summed E-state index contributed by atoms with van der Waals surface area (Å²) in [5.41, 5.74) is 2.01. The lowest BCUT2D eigenvalue weighted by Crippen LogP contribution is -2.55. The topological polar surface area (TPSA) is 35.6 Å². The quantitative estimate of drug-likeness (QED) is 0.836. The van der Waals surface area contributed by atoms with Gasteiger partial charge in [0.1, 0.15) is 6.42 Å². The van der Waals surface area contributed by atoms with Crippen LogP contribution in [0.4, 0.5) is 13.2 Å². The van der Waals surface area contributed by atoms with Crippen LogP contribution in [0.1, 0.15) is 43.2 Å². The minimum absolute atomic E-state index is 0.223. The van der Waals surface area contributed by atoms with Crippen molar-refractivity contribution in [3.63, 3.8) is 0 Å². The first-order valence-corrected chi connectivity index (χ1v) is 10.2. The summed E-state index contributed by atoms with van der Waals surface area (Å²) in [6.45, 7) is 4.67. The highest BCUT2D eigenvalue weighted by Gasteiger charge is 2.45. The van der Waals surface area contributed by atoms with E-state index in [1.807, 2.05) is 18.2 Å². The number of nitrogens with zero attached hydrogens (tertiary/aromatic N) is 2. The third-order valence-corrected chi connectivity index (χ3v) is 6.73. The zero-order valence-electron chi connectivity index (χ0n) is 16.1. The predicted molar refractivity (Wildman–Crippen MR) is 101 cm³/mol. The number of piperidine rings is 2. The van der Waals surface area contributed by atoms with Crippen molar-refractivity contribution in [2.75, 3.05) is 32.7 Å². The Kier molecular flexibility index (Phi) is 5.40. The van der Waals surface area contributed by atoms with Crippen molar-refractivity contribution in [1.82, 2.24) is 15.1 Å². The first-order valence-electron chi connectivity index (χ1n) is 10.2. The molecule has 3 heterocycles. The molecule has 28 heavy (non-hydrogen) atoms. The lowest BCUT2D eigenvalue weighted by molar-refractivity contribution is -0.163. The van der Waals surface area contributed by atoms with E-state index < -0.39 is 18.5 Å². The van der Waals surface area contributed by atoms with E-state index in [9.17, 15) is 18.0 Å². The highest BCUT2D eigenvalue weighted by Crippen LogP contribution is 2.43. The smallest absolute Gasteiger partial charge is 0.337 e. The molecule has 0 unspecified atom stereocenters. The number of amides is 1. The number of rotatable bonds is 2. The van der Waals surface area contributed by atoms with E-state index in [-0.39, 0.29) is 12.0 Å². The van der Waals surface area contributed by atoms with Crippen LogP contribution < -0.4 is 5.32 Å². The number of hydrogen-bond donors (Lipinski definition) is 1. The van der Waals surface area contributed by atoms with Gasteiger partial charge in [0.15, 0.2) is 0 Å². The normalized spacial score (nSPS) is 23.6. The number of alkyl halides is 3. The van der Waals surface area contributed by atoms with Gasteiger partial charge in [-0.05, 0) is 63.0 Å². The average Bonchev–Trinajstić information content (AvgIpc) is 2.68. The minimum Gasteiger partial charge on any atom is -0.337 e. The zero-order chi connectivity index (χ0) is 19.8. The number of halogens is 3. The Morgan fingerprint density at radius 1 is 1.14 bits per heavy atom. The molecule has 3 aliphatic rings. The van der Waals surface area contributed by atoms with Gasteiger partial charge in [0.05, 0.1) is 0 Å². The molecule has 7 heteroatoms. The fourth-order valence-electron chi connectivity index (χ4n) is 5.26. The monoisotopic (exact) mass is 395 g/mol. The first kappa shape index (κ1) is 19.7. The molecule has 1 N–H and O–H groups in total. The number of hydrogen-bond acceptors (Lipinski definition) is 3. The number of carbonyl (C=O) groups is 1. The van der Waals surface area contributed by atoms with Gasteiger partial charge in [0.2, 0.25) is 5.91 Å². The SMILES string of the molecule is O=C(CC(F)(F)F)N1Cc2ccccc2C2(CCN(C3CCNCC3)CC2)C1. The van der Waals surface area contributed by atoms with Crippen LogP contribution in [0.3, 0.4) is 0 Å². The standard InChI is InChI=1S/C21H28F3N3O/c22-21(23,24)13-19(28)27-14-16-3-1-2-4-18(16)20(15-27)7-11-26(12-8-20)17-5-9-25-10-6-17/h1-4,17,25H,5-15H2. The summed E-state index contributed by atoms with van der Waals surface area (Å²) < 4.78 is 38.4. The van der Waals surface area contributed by atoms with Crippen LogP contribution in [-0.2, 0) is 16.8 Å². The molecule has 154 valence electrons. The Balaban J connectivity index is 1.53. The third-order valence-electron chi connectivity index (χ3n) is 6.73. The van der Waals surface area contributed by atoms with E-state index in [4.69, 9.17) is 0 Å². The largest absolute Gasteiger partial charge is 0.397 e. The Hall–Kier alpha value is -1.60. The second kappa shape index (κ2) is 7.67.